The molecule has 0 saturated heterocycles. The second-order valence-electron chi connectivity index (χ2n) is 5.58. The molecule has 0 bridgehead atoms. The topological polar surface area (TPSA) is 70.8 Å². The van der Waals surface area contributed by atoms with E-state index in [0.717, 1.165) is 16.9 Å². The van der Waals surface area contributed by atoms with Crippen LogP contribution in [-0.4, -0.2) is 41.4 Å². The van der Waals surface area contributed by atoms with Gasteiger partial charge in [-0.3, -0.25) is 0 Å². The van der Waals surface area contributed by atoms with Gasteiger partial charge in [0, 0.05) is 0 Å². The van der Waals surface area contributed by atoms with Crippen molar-refractivity contribution in [2.24, 2.45) is 5.10 Å². The van der Waals surface area contributed by atoms with Crippen molar-refractivity contribution in [1.82, 2.24) is 14.9 Å². The highest BCUT2D eigenvalue weighted by Gasteiger charge is 2.12. The molecule has 1 aromatic heterocycles. The van der Waals surface area contributed by atoms with Crippen LogP contribution in [0.25, 0.3) is 0 Å². The second-order valence-corrected chi connectivity index (χ2v) is 5.99. The van der Waals surface area contributed by atoms with Gasteiger partial charge in [-0.1, -0.05) is 29.8 Å². The summed E-state index contributed by atoms with van der Waals surface area (Å²) in [5.41, 5.74) is 1.83. The van der Waals surface area contributed by atoms with Gasteiger partial charge in [0.1, 0.15) is 31.6 Å². The largest absolute Gasteiger partial charge is 0.493 e. The van der Waals surface area contributed by atoms with E-state index in [1.165, 1.54) is 17.3 Å². The Labute approximate surface area is 162 Å². The number of aryl methyl sites for hydroxylation is 1. The highest BCUT2D eigenvalue weighted by atomic mass is 35.5. The number of benzene rings is 2. The van der Waals surface area contributed by atoms with E-state index in [4.69, 9.17) is 25.8 Å². The zero-order valence-electron chi connectivity index (χ0n) is 15.0. The molecule has 2 aromatic carbocycles. The van der Waals surface area contributed by atoms with Gasteiger partial charge in [0.25, 0.3) is 0 Å². The van der Waals surface area contributed by atoms with Crippen LogP contribution in [0, 0.1) is 6.92 Å². The van der Waals surface area contributed by atoms with Crippen LogP contribution in [0.5, 0.6) is 17.2 Å². The van der Waals surface area contributed by atoms with Crippen molar-refractivity contribution in [2.75, 3.05) is 20.3 Å². The van der Waals surface area contributed by atoms with Crippen molar-refractivity contribution in [3.05, 3.63) is 65.2 Å². The first kappa shape index (κ1) is 18.7. The zero-order chi connectivity index (χ0) is 19.1. The normalized spacial score (nSPS) is 10.9. The summed E-state index contributed by atoms with van der Waals surface area (Å²) >= 11 is 6.36. The third-order valence-electron chi connectivity index (χ3n) is 3.68. The van der Waals surface area contributed by atoms with E-state index in [9.17, 15) is 0 Å². The van der Waals surface area contributed by atoms with Crippen LogP contribution in [0.4, 0.5) is 0 Å². The molecule has 3 rings (SSSR count). The molecule has 0 unspecified atom stereocenters. The van der Waals surface area contributed by atoms with Gasteiger partial charge in [0.15, 0.2) is 11.5 Å². The maximum atomic E-state index is 6.36. The highest BCUT2D eigenvalue weighted by molar-refractivity contribution is 6.32. The molecule has 0 aliphatic carbocycles. The van der Waals surface area contributed by atoms with Gasteiger partial charge >= 0.3 is 0 Å². The molecule has 0 atom stereocenters. The van der Waals surface area contributed by atoms with Gasteiger partial charge in [-0.15, -0.1) is 10.2 Å². The summed E-state index contributed by atoms with van der Waals surface area (Å²) in [5.74, 6) is 1.82. The lowest BCUT2D eigenvalue weighted by atomic mass is 10.2. The smallest absolute Gasteiger partial charge is 0.179 e. The number of halogens is 1. The van der Waals surface area contributed by atoms with Gasteiger partial charge < -0.3 is 14.2 Å². The number of nitrogens with zero attached hydrogens (tertiary/aromatic N) is 4. The van der Waals surface area contributed by atoms with Gasteiger partial charge in [-0.25, -0.2) is 4.68 Å². The molecule has 0 fully saturated rings. The second kappa shape index (κ2) is 9.05. The minimum atomic E-state index is 0.332. The summed E-state index contributed by atoms with van der Waals surface area (Å²) in [7, 11) is 1.56. The van der Waals surface area contributed by atoms with Crippen molar-refractivity contribution in [3.63, 3.8) is 0 Å². The summed E-state index contributed by atoms with van der Waals surface area (Å²) in [6.45, 7) is 2.72. The number of ether oxygens (including phenoxy) is 3. The average molecular weight is 387 g/mol. The van der Waals surface area contributed by atoms with Crippen LogP contribution in [0.15, 0.2) is 54.2 Å². The van der Waals surface area contributed by atoms with E-state index in [0.29, 0.717) is 29.7 Å². The van der Waals surface area contributed by atoms with Crippen molar-refractivity contribution < 1.29 is 14.2 Å². The van der Waals surface area contributed by atoms with E-state index in [2.05, 4.69) is 15.3 Å². The molecule has 27 heavy (non-hydrogen) atoms. The van der Waals surface area contributed by atoms with E-state index in [1.807, 2.05) is 31.2 Å². The summed E-state index contributed by atoms with van der Waals surface area (Å²) in [5, 5.41) is 12.0. The van der Waals surface area contributed by atoms with Crippen LogP contribution in [0.2, 0.25) is 5.02 Å². The summed E-state index contributed by atoms with van der Waals surface area (Å²) in [6.07, 6.45) is 4.60. The van der Waals surface area contributed by atoms with Crippen LogP contribution in [0.3, 0.4) is 0 Å². The molecule has 0 amide bonds. The Hall–Kier alpha value is -3.06. The Morgan fingerprint density at radius 2 is 1.81 bits per heavy atom. The maximum Gasteiger partial charge on any atom is 0.179 e. The number of methoxy groups -OCH3 is 1. The molecule has 0 spiro atoms. The van der Waals surface area contributed by atoms with Gasteiger partial charge in [-0.2, -0.15) is 5.10 Å². The summed E-state index contributed by atoms with van der Waals surface area (Å²) in [4.78, 5) is 0. The van der Waals surface area contributed by atoms with Gasteiger partial charge in [0.2, 0.25) is 0 Å². The molecule has 0 N–H and O–H groups in total. The predicted molar refractivity (Wildman–Crippen MR) is 103 cm³/mol. The molecule has 140 valence electrons. The fraction of sp³-hybridized carbons (Fsp3) is 0.211. The lowest BCUT2D eigenvalue weighted by molar-refractivity contribution is 0.210. The maximum absolute atomic E-state index is 6.36. The molecule has 7 nitrogen and oxygen atoms in total. The first-order valence-electron chi connectivity index (χ1n) is 8.25. The van der Waals surface area contributed by atoms with E-state index < -0.39 is 0 Å². The minimum absolute atomic E-state index is 0.332. The molecule has 1 heterocycles. The monoisotopic (exact) mass is 386 g/mol. The van der Waals surface area contributed by atoms with Gasteiger partial charge in [-0.05, 0) is 36.2 Å². The molecular weight excluding hydrogens is 368 g/mol. The third-order valence-corrected chi connectivity index (χ3v) is 3.96. The Bertz CT molecular complexity index is 913. The average Bonchev–Trinajstić information content (AvgIpc) is 3.19. The Balaban J connectivity index is 1.63. The van der Waals surface area contributed by atoms with Gasteiger partial charge in [0.05, 0.1) is 18.3 Å². The van der Waals surface area contributed by atoms with Crippen molar-refractivity contribution in [3.8, 4) is 17.2 Å². The highest BCUT2D eigenvalue weighted by Crippen LogP contribution is 2.36. The quantitative estimate of drug-likeness (QED) is 0.437. The SMILES string of the molecule is COc1cc(/C=N\n2cnnc2)cc(Cl)c1OCCOc1ccccc1C. The van der Waals surface area contributed by atoms with Crippen molar-refractivity contribution in [1.29, 1.82) is 0 Å². The minimum Gasteiger partial charge on any atom is -0.493 e. The molecule has 0 aliphatic heterocycles. The zero-order valence-corrected chi connectivity index (χ0v) is 15.8. The van der Waals surface area contributed by atoms with E-state index in [1.54, 1.807) is 25.5 Å². The number of hydrogen-bond donors (Lipinski definition) is 0. The van der Waals surface area contributed by atoms with Crippen LogP contribution < -0.4 is 14.2 Å². The Kier molecular flexibility index (Phi) is 6.27. The van der Waals surface area contributed by atoms with Crippen LogP contribution in [0.1, 0.15) is 11.1 Å². The third kappa shape index (κ3) is 4.98. The number of hydrogen-bond acceptors (Lipinski definition) is 6. The fourth-order valence-corrected chi connectivity index (χ4v) is 2.63. The summed E-state index contributed by atoms with van der Waals surface area (Å²) < 4.78 is 18.4. The van der Waals surface area contributed by atoms with Crippen LogP contribution >= 0.6 is 11.6 Å². The first-order valence-corrected chi connectivity index (χ1v) is 8.63. The van der Waals surface area contributed by atoms with E-state index in [-0.39, 0.29) is 0 Å². The number of rotatable bonds is 8. The molecular formula is C19H19ClN4O3. The fourth-order valence-electron chi connectivity index (χ4n) is 2.36. The molecule has 0 radical (unpaired) electrons. The van der Waals surface area contributed by atoms with Crippen LogP contribution in [-0.2, 0) is 0 Å². The van der Waals surface area contributed by atoms with Crippen molar-refractivity contribution in [2.45, 2.75) is 6.92 Å². The summed E-state index contributed by atoms with van der Waals surface area (Å²) in [6, 6.07) is 11.4. The Morgan fingerprint density at radius 3 is 2.56 bits per heavy atom. The Morgan fingerprint density at radius 1 is 1.07 bits per heavy atom. The van der Waals surface area contributed by atoms with Crippen molar-refractivity contribution >= 4 is 17.8 Å². The predicted octanol–water partition coefficient (Wildman–Crippen LogP) is 3.59. The standard InChI is InChI=1S/C19H19ClN4O3/c1-14-5-3-4-6-17(14)26-7-8-27-19-16(20)9-15(10-18(19)25-2)11-23-24-12-21-22-13-24/h3-6,9-13H,7-8H2,1-2H3/b23-11-. The number of para-hydroxylation sites is 1. The first-order chi connectivity index (χ1) is 13.2. The molecule has 0 aliphatic rings. The lowest BCUT2D eigenvalue weighted by Gasteiger charge is -2.14. The molecule has 8 heteroatoms. The lowest BCUT2D eigenvalue weighted by Crippen LogP contribution is -2.10. The van der Waals surface area contributed by atoms with E-state index >= 15 is 0 Å². The molecule has 0 saturated carbocycles. The molecule has 3 aromatic rings. The number of aromatic nitrogens is 3.